The Hall–Kier alpha value is -1.06. The molecule has 0 spiro atoms. The van der Waals surface area contributed by atoms with Crippen LogP contribution in [0.1, 0.15) is 25.3 Å². The summed E-state index contributed by atoms with van der Waals surface area (Å²) in [6.45, 7) is 6.55. The van der Waals surface area contributed by atoms with Gasteiger partial charge in [0.25, 0.3) is 0 Å². The first-order valence-electron chi connectivity index (χ1n) is 6.36. The predicted octanol–water partition coefficient (Wildman–Crippen LogP) is 2.26. The van der Waals surface area contributed by atoms with Crippen molar-refractivity contribution in [1.29, 1.82) is 0 Å². The molecular formula is C14H19ClN2O. The normalized spacial score (nSPS) is 21.7. The molecule has 1 fully saturated rings. The lowest BCUT2D eigenvalue weighted by molar-refractivity contribution is -0.135. The number of hydrogen-bond donors (Lipinski definition) is 1. The van der Waals surface area contributed by atoms with Gasteiger partial charge in [0, 0.05) is 30.7 Å². The molecule has 1 aliphatic rings. The number of halogens is 1. The fourth-order valence-electron chi connectivity index (χ4n) is 2.34. The first-order chi connectivity index (χ1) is 8.59. The zero-order valence-corrected chi connectivity index (χ0v) is 11.6. The van der Waals surface area contributed by atoms with Crippen LogP contribution in [0.15, 0.2) is 24.3 Å². The van der Waals surface area contributed by atoms with Gasteiger partial charge in [-0.3, -0.25) is 4.79 Å². The largest absolute Gasteiger partial charge is 0.337 e. The Morgan fingerprint density at radius 1 is 1.56 bits per heavy atom. The van der Waals surface area contributed by atoms with Crippen molar-refractivity contribution >= 4 is 17.5 Å². The molecule has 2 rings (SSSR count). The van der Waals surface area contributed by atoms with E-state index >= 15 is 0 Å². The van der Waals surface area contributed by atoms with Crippen molar-refractivity contribution in [2.45, 2.75) is 25.8 Å². The van der Waals surface area contributed by atoms with Crippen molar-refractivity contribution in [3.63, 3.8) is 0 Å². The maximum Gasteiger partial charge on any atom is 0.230 e. The van der Waals surface area contributed by atoms with Crippen molar-refractivity contribution in [3.05, 3.63) is 34.9 Å². The van der Waals surface area contributed by atoms with E-state index in [1.54, 1.807) is 0 Å². The van der Waals surface area contributed by atoms with E-state index < -0.39 is 0 Å². The predicted molar refractivity (Wildman–Crippen MR) is 73.9 cm³/mol. The average molecular weight is 267 g/mol. The van der Waals surface area contributed by atoms with E-state index in [1.165, 1.54) is 0 Å². The van der Waals surface area contributed by atoms with Crippen LogP contribution in [0.2, 0.25) is 5.02 Å². The Morgan fingerprint density at radius 3 is 3.00 bits per heavy atom. The van der Waals surface area contributed by atoms with Crippen LogP contribution in [0.25, 0.3) is 0 Å². The van der Waals surface area contributed by atoms with Crippen LogP contribution in [0.4, 0.5) is 0 Å². The number of nitrogens with zero attached hydrogens (tertiary/aromatic N) is 1. The molecule has 2 unspecified atom stereocenters. The number of benzene rings is 1. The zero-order valence-electron chi connectivity index (χ0n) is 10.8. The van der Waals surface area contributed by atoms with Gasteiger partial charge in [-0.15, -0.1) is 0 Å². The Labute approximate surface area is 113 Å². The number of nitrogens with one attached hydrogen (secondary N) is 1. The SMILES string of the molecule is CC(C(=O)N1CCNCC1C)c1cccc(Cl)c1. The minimum absolute atomic E-state index is 0.135. The van der Waals surface area contributed by atoms with Crippen LogP contribution in [-0.4, -0.2) is 36.5 Å². The maximum absolute atomic E-state index is 12.5. The fraction of sp³-hybridized carbons (Fsp3) is 0.500. The van der Waals surface area contributed by atoms with Gasteiger partial charge in [0.1, 0.15) is 0 Å². The summed E-state index contributed by atoms with van der Waals surface area (Å²) >= 11 is 5.97. The summed E-state index contributed by atoms with van der Waals surface area (Å²) < 4.78 is 0. The maximum atomic E-state index is 12.5. The molecule has 4 heteroatoms. The third-order valence-electron chi connectivity index (χ3n) is 3.50. The van der Waals surface area contributed by atoms with E-state index in [9.17, 15) is 4.79 Å². The van der Waals surface area contributed by atoms with Gasteiger partial charge in [-0.05, 0) is 31.5 Å². The lowest BCUT2D eigenvalue weighted by atomic mass is 9.98. The molecule has 18 heavy (non-hydrogen) atoms. The lowest BCUT2D eigenvalue weighted by Crippen LogP contribution is -2.53. The van der Waals surface area contributed by atoms with Crippen molar-refractivity contribution in [1.82, 2.24) is 10.2 Å². The molecule has 2 atom stereocenters. The molecule has 1 N–H and O–H groups in total. The standard InChI is InChI=1S/C14H19ClN2O/c1-10-9-16-6-7-17(10)14(18)11(2)12-4-3-5-13(15)8-12/h3-5,8,10-11,16H,6-7,9H2,1-2H3. The molecule has 98 valence electrons. The average Bonchev–Trinajstić information content (AvgIpc) is 2.37. The number of carbonyl (C=O) groups excluding carboxylic acids is 1. The van der Waals surface area contributed by atoms with E-state index in [0.29, 0.717) is 5.02 Å². The highest BCUT2D eigenvalue weighted by atomic mass is 35.5. The molecule has 1 aromatic rings. The zero-order chi connectivity index (χ0) is 13.1. The van der Waals surface area contributed by atoms with E-state index in [2.05, 4.69) is 12.2 Å². The van der Waals surface area contributed by atoms with Gasteiger partial charge in [-0.25, -0.2) is 0 Å². The summed E-state index contributed by atoms with van der Waals surface area (Å²) in [6.07, 6.45) is 0. The van der Waals surface area contributed by atoms with Gasteiger partial charge < -0.3 is 10.2 Å². The molecule has 1 heterocycles. The van der Waals surface area contributed by atoms with E-state index in [1.807, 2.05) is 36.1 Å². The van der Waals surface area contributed by atoms with Gasteiger partial charge in [0.2, 0.25) is 5.91 Å². The van der Waals surface area contributed by atoms with Crippen LogP contribution in [0.3, 0.4) is 0 Å². The highest BCUT2D eigenvalue weighted by Gasteiger charge is 2.27. The van der Waals surface area contributed by atoms with Crippen molar-refractivity contribution < 1.29 is 4.79 Å². The minimum atomic E-state index is -0.135. The van der Waals surface area contributed by atoms with Gasteiger partial charge in [-0.1, -0.05) is 23.7 Å². The molecule has 1 amide bonds. The summed E-state index contributed by atoms with van der Waals surface area (Å²) in [5, 5.41) is 3.97. The molecule has 1 aliphatic heterocycles. The number of amides is 1. The second kappa shape index (κ2) is 5.72. The molecule has 1 saturated heterocycles. The summed E-state index contributed by atoms with van der Waals surface area (Å²) in [5.41, 5.74) is 0.984. The van der Waals surface area contributed by atoms with Crippen molar-refractivity contribution in [2.75, 3.05) is 19.6 Å². The topological polar surface area (TPSA) is 32.3 Å². The van der Waals surface area contributed by atoms with Gasteiger partial charge >= 0.3 is 0 Å². The van der Waals surface area contributed by atoms with E-state index in [-0.39, 0.29) is 17.9 Å². The molecular weight excluding hydrogens is 248 g/mol. The first kappa shape index (κ1) is 13.4. The molecule has 0 bridgehead atoms. The number of carbonyl (C=O) groups is 1. The molecule has 0 saturated carbocycles. The summed E-state index contributed by atoms with van der Waals surface area (Å²) in [7, 11) is 0. The number of piperazine rings is 1. The third kappa shape index (κ3) is 2.85. The van der Waals surface area contributed by atoms with Crippen LogP contribution in [-0.2, 0) is 4.79 Å². The second-order valence-electron chi connectivity index (χ2n) is 4.86. The Kier molecular flexibility index (Phi) is 4.25. The lowest BCUT2D eigenvalue weighted by Gasteiger charge is -2.35. The third-order valence-corrected chi connectivity index (χ3v) is 3.74. The van der Waals surface area contributed by atoms with Crippen LogP contribution in [0.5, 0.6) is 0 Å². The smallest absolute Gasteiger partial charge is 0.230 e. The molecule has 0 aromatic heterocycles. The number of hydrogen-bond acceptors (Lipinski definition) is 2. The highest BCUT2D eigenvalue weighted by molar-refractivity contribution is 6.30. The Morgan fingerprint density at radius 2 is 2.33 bits per heavy atom. The fourth-order valence-corrected chi connectivity index (χ4v) is 2.53. The Balaban J connectivity index is 2.13. The summed E-state index contributed by atoms with van der Waals surface area (Å²) in [5.74, 6) is 0.0514. The monoisotopic (exact) mass is 266 g/mol. The first-order valence-corrected chi connectivity index (χ1v) is 6.74. The van der Waals surface area contributed by atoms with Crippen LogP contribution >= 0.6 is 11.6 Å². The molecule has 1 aromatic carbocycles. The van der Waals surface area contributed by atoms with Crippen molar-refractivity contribution in [3.8, 4) is 0 Å². The number of rotatable bonds is 2. The summed E-state index contributed by atoms with van der Waals surface area (Å²) in [4.78, 5) is 14.4. The second-order valence-corrected chi connectivity index (χ2v) is 5.30. The van der Waals surface area contributed by atoms with Crippen LogP contribution in [0, 0.1) is 0 Å². The van der Waals surface area contributed by atoms with Gasteiger partial charge in [0.05, 0.1) is 5.92 Å². The Bertz CT molecular complexity index is 436. The van der Waals surface area contributed by atoms with E-state index in [0.717, 1.165) is 25.2 Å². The molecule has 0 aliphatic carbocycles. The quantitative estimate of drug-likeness (QED) is 0.891. The van der Waals surface area contributed by atoms with Gasteiger partial charge in [0.15, 0.2) is 0 Å². The molecule has 0 radical (unpaired) electrons. The van der Waals surface area contributed by atoms with Crippen LogP contribution < -0.4 is 5.32 Å². The van der Waals surface area contributed by atoms with Gasteiger partial charge in [-0.2, -0.15) is 0 Å². The van der Waals surface area contributed by atoms with Crippen molar-refractivity contribution in [2.24, 2.45) is 0 Å². The molecule has 3 nitrogen and oxygen atoms in total. The minimum Gasteiger partial charge on any atom is -0.337 e. The van der Waals surface area contributed by atoms with E-state index in [4.69, 9.17) is 11.6 Å². The summed E-state index contributed by atoms with van der Waals surface area (Å²) in [6, 6.07) is 7.81. The highest BCUT2D eigenvalue weighted by Crippen LogP contribution is 2.22.